The summed E-state index contributed by atoms with van der Waals surface area (Å²) in [5.74, 6) is 0.459. The fourth-order valence-corrected chi connectivity index (χ4v) is 2.30. The van der Waals surface area contributed by atoms with E-state index < -0.39 is 5.97 Å². The van der Waals surface area contributed by atoms with Crippen LogP contribution in [0.15, 0.2) is 12.1 Å². The molecule has 3 nitrogen and oxygen atoms in total. The van der Waals surface area contributed by atoms with Gasteiger partial charge in [-0.05, 0) is 37.8 Å². The van der Waals surface area contributed by atoms with Crippen molar-refractivity contribution in [3.8, 4) is 5.75 Å². The summed E-state index contributed by atoms with van der Waals surface area (Å²) in [7, 11) is 0. The first-order valence-electron chi connectivity index (χ1n) is 6.73. The Morgan fingerprint density at radius 3 is 2.16 bits per heavy atom. The van der Waals surface area contributed by atoms with Crippen molar-refractivity contribution < 1.29 is 14.6 Å². The number of hydrogen-bond donors (Lipinski definition) is 1. The first kappa shape index (κ1) is 15.5. The highest BCUT2D eigenvalue weighted by Gasteiger charge is 2.18. The zero-order valence-electron chi connectivity index (χ0n) is 12.5. The van der Waals surface area contributed by atoms with Crippen molar-refractivity contribution in [1.29, 1.82) is 0 Å². The molecule has 0 fully saturated rings. The van der Waals surface area contributed by atoms with Crippen LogP contribution in [0.25, 0.3) is 0 Å². The molecular weight excluding hydrogens is 240 g/mol. The highest BCUT2D eigenvalue weighted by atomic mass is 16.5. The lowest BCUT2D eigenvalue weighted by molar-refractivity contribution is -0.138. The van der Waals surface area contributed by atoms with E-state index in [1.807, 2.05) is 27.7 Å². The molecule has 1 aromatic rings. The van der Waals surface area contributed by atoms with Gasteiger partial charge in [-0.3, -0.25) is 4.79 Å². The Morgan fingerprint density at radius 1 is 1.21 bits per heavy atom. The Kier molecular flexibility index (Phi) is 5.40. The molecule has 0 aliphatic rings. The normalized spacial score (nSPS) is 12.5. The van der Waals surface area contributed by atoms with Crippen molar-refractivity contribution in [1.82, 2.24) is 0 Å². The minimum Gasteiger partial charge on any atom is -0.493 e. The summed E-state index contributed by atoms with van der Waals surface area (Å²) in [6.45, 7) is 10.6. The Bertz CT molecular complexity index is 426. The topological polar surface area (TPSA) is 46.5 Å². The fourth-order valence-electron chi connectivity index (χ4n) is 2.30. The predicted molar refractivity (Wildman–Crippen MR) is 76.7 cm³/mol. The van der Waals surface area contributed by atoms with E-state index in [-0.39, 0.29) is 12.3 Å². The second-order valence-corrected chi connectivity index (χ2v) is 5.64. The first-order chi connectivity index (χ1) is 8.81. The van der Waals surface area contributed by atoms with Crippen LogP contribution in [-0.2, 0) is 4.79 Å². The lowest BCUT2D eigenvalue weighted by atomic mass is 9.93. The van der Waals surface area contributed by atoms with Crippen molar-refractivity contribution in [2.24, 2.45) is 11.8 Å². The Labute approximate surface area is 115 Å². The molecule has 0 spiro atoms. The molecule has 0 saturated carbocycles. The molecule has 1 N–H and O–H groups in total. The third-order valence-electron chi connectivity index (χ3n) is 3.43. The van der Waals surface area contributed by atoms with Crippen LogP contribution in [0.4, 0.5) is 0 Å². The average Bonchev–Trinajstić information content (AvgIpc) is 2.25. The molecule has 0 aliphatic carbocycles. The molecule has 0 bridgehead atoms. The summed E-state index contributed by atoms with van der Waals surface area (Å²) >= 11 is 0. The predicted octanol–water partition coefficient (Wildman–Crippen LogP) is 3.74. The van der Waals surface area contributed by atoms with Crippen LogP contribution in [0, 0.1) is 32.6 Å². The number of carboxylic acid groups (broad SMARTS) is 1. The van der Waals surface area contributed by atoms with Gasteiger partial charge in [0.25, 0.3) is 0 Å². The Hall–Kier alpha value is -1.51. The smallest absolute Gasteiger partial charge is 0.303 e. The first-order valence-corrected chi connectivity index (χ1v) is 6.73. The summed E-state index contributed by atoms with van der Waals surface area (Å²) < 4.78 is 5.88. The van der Waals surface area contributed by atoms with Crippen molar-refractivity contribution in [2.75, 3.05) is 6.61 Å². The van der Waals surface area contributed by atoms with Crippen LogP contribution in [0.3, 0.4) is 0 Å². The van der Waals surface area contributed by atoms with Gasteiger partial charge in [0.05, 0.1) is 13.0 Å². The van der Waals surface area contributed by atoms with Crippen LogP contribution >= 0.6 is 0 Å². The maximum atomic E-state index is 10.8. The summed E-state index contributed by atoms with van der Waals surface area (Å²) in [6.07, 6.45) is 0.154. The van der Waals surface area contributed by atoms with Gasteiger partial charge in [-0.25, -0.2) is 0 Å². The second kappa shape index (κ2) is 6.60. The van der Waals surface area contributed by atoms with E-state index in [4.69, 9.17) is 9.84 Å². The molecule has 0 heterocycles. The van der Waals surface area contributed by atoms with Gasteiger partial charge in [0.1, 0.15) is 5.75 Å². The third kappa shape index (κ3) is 4.58. The van der Waals surface area contributed by atoms with Crippen molar-refractivity contribution >= 4 is 5.97 Å². The van der Waals surface area contributed by atoms with Gasteiger partial charge in [-0.2, -0.15) is 0 Å². The number of carbonyl (C=O) groups is 1. The number of aliphatic carboxylic acids is 1. The molecule has 1 rings (SSSR count). The summed E-state index contributed by atoms with van der Waals surface area (Å²) in [6, 6.07) is 4.17. The Balaban J connectivity index is 2.77. The van der Waals surface area contributed by atoms with E-state index >= 15 is 0 Å². The molecule has 106 valence electrons. The number of aryl methyl sites for hydroxylation is 3. The van der Waals surface area contributed by atoms with E-state index in [2.05, 4.69) is 19.1 Å². The van der Waals surface area contributed by atoms with Crippen LogP contribution in [0.1, 0.15) is 37.0 Å². The molecule has 0 saturated heterocycles. The summed E-state index contributed by atoms with van der Waals surface area (Å²) in [5, 5.41) is 8.92. The van der Waals surface area contributed by atoms with E-state index in [1.165, 1.54) is 5.56 Å². The maximum absolute atomic E-state index is 10.8. The molecule has 0 radical (unpaired) electrons. The summed E-state index contributed by atoms with van der Waals surface area (Å²) in [5.41, 5.74) is 3.43. The van der Waals surface area contributed by atoms with Gasteiger partial charge in [0, 0.05) is 5.92 Å². The third-order valence-corrected chi connectivity index (χ3v) is 3.43. The number of hydrogen-bond acceptors (Lipinski definition) is 2. The maximum Gasteiger partial charge on any atom is 0.303 e. The summed E-state index contributed by atoms with van der Waals surface area (Å²) in [4.78, 5) is 10.8. The minimum atomic E-state index is -0.764. The van der Waals surface area contributed by atoms with Gasteiger partial charge in [-0.15, -0.1) is 0 Å². The standard InChI is InChI=1S/C16H24O3/c1-10(2)14(8-15(17)18)9-19-16-12(4)6-11(3)7-13(16)5/h6-7,10,14H,8-9H2,1-5H3,(H,17,18). The van der Waals surface area contributed by atoms with Crippen LogP contribution in [0.5, 0.6) is 5.75 Å². The quantitative estimate of drug-likeness (QED) is 0.851. The number of benzene rings is 1. The average molecular weight is 264 g/mol. The molecule has 0 amide bonds. The molecule has 1 atom stereocenters. The lowest BCUT2D eigenvalue weighted by Gasteiger charge is -2.21. The molecular formula is C16H24O3. The fraction of sp³-hybridized carbons (Fsp3) is 0.562. The van der Waals surface area contributed by atoms with Crippen molar-refractivity contribution in [3.63, 3.8) is 0 Å². The zero-order valence-corrected chi connectivity index (χ0v) is 12.5. The molecule has 0 aromatic heterocycles. The highest BCUT2D eigenvalue weighted by molar-refractivity contribution is 5.67. The van der Waals surface area contributed by atoms with E-state index in [0.29, 0.717) is 12.5 Å². The molecule has 1 aromatic carbocycles. The molecule has 1 unspecified atom stereocenters. The van der Waals surface area contributed by atoms with Gasteiger partial charge in [0.2, 0.25) is 0 Å². The van der Waals surface area contributed by atoms with Crippen LogP contribution < -0.4 is 4.74 Å². The van der Waals surface area contributed by atoms with E-state index in [1.54, 1.807) is 0 Å². The number of carboxylic acids is 1. The van der Waals surface area contributed by atoms with Gasteiger partial charge >= 0.3 is 5.97 Å². The molecule has 3 heteroatoms. The van der Waals surface area contributed by atoms with Crippen LogP contribution in [-0.4, -0.2) is 17.7 Å². The van der Waals surface area contributed by atoms with Crippen molar-refractivity contribution in [2.45, 2.75) is 41.0 Å². The van der Waals surface area contributed by atoms with Gasteiger partial charge in [-0.1, -0.05) is 31.5 Å². The van der Waals surface area contributed by atoms with Crippen molar-refractivity contribution in [3.05, 3.63) is 28.8 Å². The highest BCUT2D eigenvalue weighted by Crippen LogP contribution is 2.26. The van der Waals surface area contributed by atoms with Crippen LogP contribution in [0.2, 0.25) is 0 Å². The zero-order chi connectivity index (χ0) is 14.6. The lowest BCUT2D eigenvalue weighted by Crippen LogP contribution is -2.21. The number of ether oxygens (including phenoxy) is 1. The minimum absolute atomic E-state index is 0.0394. The monoisotopic (exact) mass is 264 g/mol. The second-order valence-electron chi connectivity index (χ2n) is 5.64. The van der Waals surface area contributed by atoms with Gasteiger partial charge in [0.15, 0.2) is 0 Å². The van der Waals surface area contributed by atoms with Gasteiger partial charge < -0.3 is 9.84 Å². The molecule has 0 aliphatic heterocycles. The van der Waals surface area contributed by atoms with E-state index in [0.717, 1.165) is 16.9 Å². The van der Waals surface area contributed by atoms with E-state index in [9.17, 15) is 4.79 Å². The number of rotatable bonds is 6. The molecule has 19 heavy (non-hydrogen) atoms. The SMILES string of the molecule is Cc1cc(C)c(OCC(CC(=O)O)C(C)C)c(C)c1. The largest absolute Gasteiger partial charge is 0.493 e. The Morgan fingerprint density at radius 2 is 1.74 bits per heavy atom.